The number of amides is 1. The predicted octanol–water partition coefficient (Wildman–Crippen LogP) is 2.72. The number of aromatic nitrogens is 2. The molecule has 10 heteroatoms. The second-order valence-electron chi connectivity index (χ2n) is 8.90. The highest BCUT2D eigenvalue weighted by Gasteiger charge is 2.40. The Hall–Kier alpha value is -3.27. The maximum absolute atomic E-state index is 12.5. The molecule has 9 nitrogen and oxygen atoms in total. The van der Waals surface area contributed by atoms with E-state index in [4.69, 9.17) is 0 Å². The number of aromatic hydroxyl groups is 1. The number of anilines is 3. The molecule has 0 aliphatic heterocycles. The van der Waals surface area contributed by atoms with Gasteiger partial charge in [-0.15, -0.1) is 11.3 Å². The number of hydrogen-bond acceptors (Lipinski definition) is 9. The van der Waals surface area contributed by atoms with Gasteiger partial charge in [0.05, 0.1) is 27.3 Å². The first-order valence-corrected chi connectivity index (χ1v) is 11.1. The Morgan fingerprint density at radius 2 is 1.94 bits per heavy atom. The third-order valence-electron chi connectivity index (χ3n) is 5.88. The average Bonchev–Trinajstić information content (AvgIpc) is 3.12. The van der Waals surface area contributed by atoms with Crippen LogP contribution < -0.4 is 21.5 Å². The third-order valence-corrected chi connectivity index (χ3v) is 6.95. The van der Waals surface area contributed by atoms with Crippen LogP contribution in [0.1, 0.15) is 52.4 Å². The Kier molecular flexibility index (Phi) is 5.28. The summed E-state index contributed by atoms with van der Waals surface area (Å²) in [5.74, 6) is -0.866. The van der Waals surface area contributed by atoms with Crippen LogP contribution >= 0.6 is 11.3 Å². The van der Waals surface area contributed by atoms with Crippen LogP contribution in [0.2, 0.25) is 0 Å². The van der Waals surface area contributed by atoms with E-state index < -0.39 is 16.8 Å². The third kappa shape index (κ3) is 3.54. The fourth-order valence-electron chi connectivity index (χ4n) is 3.94. The summed E-state index contributed by atoms with van der Waals surface area (Å²) in [5.41, 5.74) is -0.228. The van der Waals surface area contributed by atoms with E-state index in [1.54, 1.807) is 25.4 Å². The van der Waals surface area contributed by atoms with Gasteiger partial charge in [0.2, 0.25) is 0 Å². The Bertz CT molecular complexity index is 1290. The number of aryl methyl sites for hydroxylation is 2. The van der Waals surface area contributed by atoms with Gasteiger partial charge in [0.1, 0.15) is 11.4 Å². The summed E-state index contributed by atoms with van der Waals surface area (Å²) >= 11 is 1.59. The number of carbonyl (C=O) groups is 1. The lowest BCUT2D eigenvalue weighted by atomic mass is 9.74. The largest absolute Gasteiger partial charge is 0.504 e. The van der Waals surface area contributed by atoms with Crippen molar-refractivity contribution in [1.29, 1.82) is 0 Å². The van der Waals surface area contributed by atoms with E-state index in [9.17, 15) is 19.5 Å². The van der Waals surface area contributed by atoms with Gasteiger partial charge in [0.25, 0.3) is 16.8 Å². The smallest absolute Gasteiger partial charge is 0.275 e. The van der Waals surface area contributed by atoms with Gasteiger partial charge in [-0.1, -0.05) is 13.8 Å². The van der Waals surface area contributed by atoms with Crippen LogP contribution in [0, 0.1) is 12.3 Å². The molecule has 1 aliphatic rings. The molecule has 1 aromatic carbocycles. The summed E-state index contributed by atoms with van der Waals surface area (Å²) in [5, 5.41) is 17.6. The Balaban J connectivity index is 1.68. The molecule has 4 rings (SSSR count). The van der Waals surface area contributed by atoms with Crippen LogP contribution in [-0.4, -0.2) is 40.0 Å². The zero-order valence-electron chi connectivity index (χ0n) is 18.6. The molecule has 1 aliphatic carbocycles. The topological polar surface area (TPSA) is 125 Å². The van der Waals surface area contributed by atoms with Gasteiger partial charge in [-0.3, -0.25) is 14.4 Å². The van der Waals surface area contributed by atoms with Crippen LogP contribution in [0.5, 0.6) is 5.75 Å². The minimum atomic E-state index is -0.682. The molecule has 0 radical (unpaired) electrons. The number of hydrogen-bond donors (Lipinski definition) is 3. The molecule has 1 amide bonds. The lowest BCUT2D eigenvalue weighted by Gasteiger charge is -2.39. The van der Waals surface area contributed by atoms with E-state index in [0.717, 1.165) is 28.4 Å². The second-order valence-corrected chi connectivity index (χ2v) is 10.1. The molecule has 2 heterocycles. The van der Waals surface area contributed by atoms with Crippen molar-refractivity contribution in [3.63, 3.8) is 0 Å². The van der Waals surface area contributed by atoms with Gasteiger partial charge >= 0.3 is 0 Å². The summed E-state index contributed by atoms with van der Waals surface area (Å²) in [6.07, 6.45) is 3.11. The first-order valence-electron chi connectivity index (χ1n) is 10.2. The normalized spacial score (nSPS) is 17.1. The average molecular weight is 456 g/mol. The lowest BCUT2D eigenvalue weighted by molar-refractivity contribution is 0.0819. The second kappa shape index (κ2) is 7.70. The zero-order valence-corrected chi connectivity index (χ0v) is 19.4. The van der Waals surface area contributed by atoms with Crippen molar-refractivity contribution in [2.75, 3.05) is 24.7 Å². The number of nitrogens with one attached hydrogen (secondary N) is 2. The molecule has 168 valence electrons. The number of rotatable bonds is 5. The summed E-state index contributed by atoms with van der Waals surface area (Å²) < 4.78 is 0. The molecular weight excluding hydrogens is 430 g/mol. The lowest BCUT2D eigenvalue weighted by Crippen LogP contribution is -2.41. The zero-order chi connectivity index (χ0) is 23.4. The quantitative estimate of drug-likeness (QED) is 0.502. The van der Waals surface area contributed by atoms with Crippen molar-refractivity contribution in [3.05, 3.63) is 54.0 Å². The SMILES string of the molecule is Cc1nc2c(s1)C(Nc1c(Nc3ccnc(C(=O)N(C)C)c3O)c(=O)c1=O)C(C)(C)CC2. The fraction of sp³-hybridized carbons (Fsp3) is 0.409. The van der Waals surface area contributed by atoms with Crippen LogP contribution in [-0.2, 0) is 6.42 Å². The molecule has 0 bridgehead atoms. The molecular formula is C22H25N5O4S. The molecule has 1 atom stereocenters. The van der Waals surface area contributed by atoms with E-state index in [-0.39, 0.29) is 40.0 Å². The highest BCUT2D eigenvalue weighted by molar-refractivity contribution is 7.11. The van der Waals surface area contributed by atoms with Crippen molar-refractivity contribution in [1.82, 2.24) is 14.9 Å². The van der Waals surface area contributed by atoms with Crippen molar-refractivity contribution >= 4 is 34.3 Å². The Labute approximate surface area is 188 Å². The van der Waals surface area contributed by atoms with Crippen molar-refractivity contribution in [2.45, 2.75) is 39.7 Å². The van der Waals surface area contributed by atoms with E-state index in [1.165, 1.54) is 17.2 Å². The summed E-state index contributed by atoms with van der Waals surface area (Å²) in [6, 6.07) is 1.26. The predicted molar refractivity (Wildman–Crippen MR) is 124 cm³/mol. The molecule has 0 saturated carbocycles. The van der Waals surface area contributed by atoms with Crippen molar-refractivity contribution in [2.24, 2.45) is 5.41 Å². The molecule has 2 aromatic heterocycles. The van der Waals surface area contributed by atoms with Crippen molar-refractivity contribution in [3.8, 4) is 5.75 Å². The summed E-state index contributed by atoms with van der Waals surface area (Å²) in [7, 11) is 3.09. The van der Waals surface area contributed by atoms with Crippen LogP contribution in [0.15, 0.2) is 21.9 Å². The van der Waals surface area contributed by atoms with Crippen LogP contribution in [0.4, 0.5) is 17.1 Å². The summed E-state index contributed by atoms with van der Waals surface area (Å²) in [4.78, 5) is 48.0. The van der Waals surface area contributed by atoms with Gasteiger partial charge in [0.15, 0.2) is 11.4 Å². The minimum Gasteiger partial charge on any atom is -0.504 e. The highest BCUT2D eigenvalue weighted by Crippen LogP contribution is 2.47. The Morgan fingerprint density at radius 1 is 1.25 bits per heavy atom. The van der Waals surface area contributed by atoms with Crippen molar-refractivity contribution < 1.29 is 9.90 Å². The highest BCUT2D eigenvalue weighted by atomic mass is 32.1. The first-order chi connectivity index (χ1) is 15.0. The standard InChI is InChI=1S/C22H25N5O4S/c1-10-24-12-6-8-22(2,3)20(19(12)32-10)26-14-13(17(29)18(14)30)25-11-7-9-23-15(16(11)28)21(31)27(4)5/h7,9,20,26,28H,6,8H2,1-5H3,(H,23,25). The van der Waals surface area contributed by atoms with Gasteiger partial charge in [-0.25, -0.2) is 9.97 Å². The molecule has 1 unspecified atom stereocenters. The van der Waals surface area contributed by atoms with Gasteiger partial charge in [-0.05, 0) is 31.2 Å². The summed E-state index contributed by atoms with van der Waals surface area (Å²) in [6.45, 7) is 6.19. The molecule has 0 spiro atoms. The fourth-order valence-corrected chi connectivity index (χ4v) is 5.18. The van der Waals surface area contributed by atoms with Crippen LogP contribution in [0.25, 0.3) is 0 Å². The van der Waals surface area contributed by atoms with E-state index in [1.807, 2.05) is 6.92 Å². The number of carbonyl (C=O) groups excluding carboxylic acids is 1. The van der Waals surface area contributed by atoms with Gasteiger partial charge in [-0.2, -0.15) is 0 Å². The van der Waals surface area contributed by atoms with Crippen LogP contribution in [0.3, 0.4) is 0 Å². The number of thiazole rings is 1. The minimum absolute atomic E-state index is 0.0592. The molecule has 3 aromatic rings. The molecule has 0 fully saturated rings. The van der Waals surface area contributed by atoms with Gasteiger partial charge < -0.3 is 20.6 Å². The van der Waals surface area contributed by atoms with E-state index in [0.29, 0.717) is 0 Å². The first kappa shape index (κ1) is 21.9. The maximum atomic E-state index is 12.5. The number of pyridine rings is 1. The molecule has 32 heavy (non-hydrogen) atoms. The molecule has 3 N–H and O–H groups in total. The number of nitrogens with zero attached hydrogens (tertiary/aromatic N) is 3. The maximum Gasteiger partial charge on any atom is 0.275 e. The Morgan fingerprint density at radius 3 is 2.62 bits per heavy atom. The number of fused-ring (bicyclic) bond motifs is 1. The monoisotopic (exact) mass is 455 g/mol. The molecule has 0 saturated heterocycles. The van der Waals surface area contributed by atoms with Gasteiger partial charge in [0, 0.05) is 20.3 Å². The van der Waals surface area contributed by atoms with E-state index >= 15 is 0 Å². The van der Waals surface area contributed by atoms with E-state index in [2.05, 4.69) is 34.4 Å².